The molecule has 5 heteroatoms. The maximum absolute atomic E-state index is 11.0. The van der Waals surface area contributed by atoms with Gasteiger partial charge >= 0.3 is 0 Å². The molecule has 76 valence electrons. The zero-order valence-electron chi connectivity index (χ0n) is 7.60. The van der Waals surface area contributed by atoms with Gasteiger partial charge in [0.05, 0.1) is 6.54 Å². The van der Waals surface area contributed by atoms with Crippen LogP contribution in [0.3, 0.4) is 0 Å². The SMILES string of the molecule is CNC(=O)CNc1ccc(Br)c(I)c1. The lowest BCUT2D eigenvalue weighted by atomic mass is 10.3. The lowest BCUT2D eigenvalue weighted by molar-refractivity contribution is -0.118. The minimum absolute atomic E-state index is 0.0251. The minimum atomic E-state index is -0.0251. The number of halogens is 2. The average molecular weight is 369 g/mol. The fraction of sp³-hybridized carbons (Fsp3) is 0.222. The lowest BCUT2D eigenvalue weighted by Crippen LogP contribution is -2.26. The highest BCUT2D eigenvalue weighted by atomic mass is 127. The summed E-state index contributed by atoms with van der Waals surface area (Å²) in [7, 11) is 1.62. The van der Waals surface area contributed by atoms with E-state index >= 15 is 0 Å². The number of hydrogen-bond acceptors (Lipinski definition) is 2. The molecule has 0 aliphatic carbocycles. The molecule has 0 radical (unpaired) electrons. The van der Waals surface area contributed by atoms with Gasteiger partial charge in [0.15, 0.2) is 0 Å². The maximum Gasteiger partial charge on any atom is 0.239 e. The summed E-state index contributed by atoms with van der Waals surface area (Å²) in [5.74, 6) is -0.0251. The predicted molar refractivity (Wildman–Crippen MR) is 69.4 cm³/mol. The average Bonchev–Trinajstić information content (AvgIpc) is 2.19. The molecule has 0 bridgehead atoms. The quantitative estimate of drug-likeness (QED) is 0.803. The van der Waals surface area contributed by atoms with Crippen molar-refractivity contribution >= 4 is 50.1 Å². The first-order valence-electron chi connectivity index (χ1n) is 4.03. The van der Waals surface area contributed by atoms with Crippen LogP contribution < -0.4 is 10.6 Å². The summed E-state index contributed by atoms with van der Waals surface area (Å²) in [5, 5.41) is 5.57. The number of likely N-dealkylation sites (N-methyl/N-ethyl adjacent to an activating group) is 1. The fourth-order valence-electron chi connectivity index (χ4n) is 0.877. The van der Waals surface area contributed by atoms with Crippen LogP contribution in [0.25, 0.3) is 0 Å². The third kappa shape index (κ3) is 3.45. The standard InChI is InChI=1S/C9H10BrIN2O/c1-12-9(14)5-13-6-2-3-7(10)8(11)4-6/h2-4,13H,5H2,1H3,(H,12,14). The Balaban J connectivity index is 2.60. The van der Waals surface area contributed by atoms with Crippen molar-refractivity contribution in [1.82, 2.24) is 5.32 Å². The Morgan fingerprint density at radius 3 is 2.86 bits per heavy atom. The van der Waals surface area contributed by atoms with Crippen LogP contribution >= 0.6 is 38.5 Å². The Labute approximate surface area is 105 Å². The van der Waals surface area contributed by atoms with E-state index in [1.165, 1.54) is 0 Å². The first kappa shape index (κ1) is 11.8. The number of rotatable bonds is 3. The molecular formula is C9H10BrIN2O. The van der Waals surface area contributed by atoms with Crippen LogP contribution in [0.4, 0.5) is 5.69 Å². The molecule has 14 heavy (non-hydrogen) atoms. The van der Waals surface area contributed by atoms with Crippen molar-refractivity contribution < 1.29 is 4.79 Å². The van der Waals surface area contributed by atoms with E-state index in [9.17, 15) is 4.79 Å². The third-order valence-electron chi connectivity index (χ3n) is 1.65. The first-order chi connectivity index (χ1) is 6.63. The van der Waals surface area contributed by atoms with Crippen LogP contribution in [0.5, 0.6) is 0 Å². The van der Waals surface area contributed by atoms with Gasteiger partial charge in [-0.1, -0.05) is 0 Å². The summed E-state index contributed by atoms with van der Waals surface area (Å²) in [5.41, 5.74) is 0.946. The molecule has 0 heterocycles. The number of hydrogen-bond donors (Lipinski definition) is 2. The topological polar surface area (TPSA) is 41.1 Å². The van der Waals surface area contributed by atoms with Gasteiger partial charge in [-0.15, -0.1) is 0 Å². The smallest absolute Gasteiger partial charge is 0.239 e. The van der Waals surface area contributed by atoms with Crippen molar-refractivity contribution in [2.24, 2.45) is 0 Å². The Kier molecular flexibility index (Phi) is 4.67. The van der Waals surface area contributed by atoms with Gasteiger partial charge in [-0.2, -0.15) is 0 Å². The van der Waals surface area contributed by atoms with Crippen molar-refractivity contribution in [3.63, 3.8) is 0 Å². The summed E-state index contributed by atoms with van der Waals surface area (Å²) in [4.78, 5) is 11.0. The molecule has 0 aromatic heterocycles. The van der Waals surface area contributed by atoms with Crippen LogP contribution in [-0.2, 0) is 4.79 Å². The second kappa shape index (κ2) is 5.55. The summed E-state index contributed by atoms with van der Waals surface area (Å²) in [6.07, 6.45) is 0. The van der Waals surface area contributed by atoms with E-state index in [-0.39, 0.29) is 5.91 Å². The van der Waals surface area contributed by atoms with Crippen LogP contribution in [0, 0.1) is 3.57 Å². The molecule has 0 unspecified atom stereocenters. The molecule has 0 atom stereocenters. The van der Waals surface area contributed by atoms with Gasteiger partial charge in [0.25, 0.3) is 0 Å². The minimum Gasteiger partial charge on any atom is -0.376 e. The van der Waals surface area contributed by atoms with Gasteiger partial charge in [-0.05, 0) is 56.7 Å². The highest BCUT2D eigenvalue weighted by Crippen LogP contribution is 2.22. The highest BCUT2D eigenvalue weighted by Gasteiger charge is 2.00. The number of nitrogens with one attached hydrogen (secondary N) is 2. The summed E-state index contributed by atoms with van der Waals surface area (Å²) >= 11 is 5.64. The van der Waals surface area contributed by atoms with E-state index in [2.05, 4.69) is 49.2 Å². The van der Waals surface area contributed by atoms with Gasteiger partial charge in [-0.25, -0.2) is 0 Å². The van der Waals surface area contributed by atoms with Gasteiger partial charge in [0.1, 0.15) is 0 Å². The molecular weight excluding hydrogens is 359 g/mol. The van der Waals surface area contributed by atoms with Gasteiger partial charge < -0.3 is 10.6 Å². The molecule has 1 amide bonds. The van der Waals surface area contributed by atoms with Crippen molar-refractivity contribution in [1.29, 1.82) is 0 Å². The molecule has 3 nitrogen and oxygen atoms in total. The number of anilines is 1. The molecule has 0 aliphatic heterocycles. The molecule has 1 aromatic rings. The largest absolute Gasteiger partial charge is 0.376 e. The third-order valence-corrected chi connectivity index (χ3v) is 3.98. The normalized spacial score (nSPS) is 9.64. The zero-order chi connectivity index (χ0) is 10.6. The van der Waals surface area contributed by atoms with E-state index < -0.39 is 0 Å². The predicted octanol–water partition coefficient (Wildman–Crippen LogP) is 2.21. The van der Waals surface area contributed by atoms with E-state index in [1.54, 1.807) is 7.05 Å². The molecule has 0 spiro atoms. The monoisotopic (exact) mass is 368 g/mol. The van der Waals surface area contributed by atoms with E-state index in [0.717, 1.165) is 13.7 Å². The second-order valence-electron chi connectivity index (χ2n) is 2.66. The fourth-order valence-corrected chi connectivity index (χ4v) is 1.64. The molecule has 0 saturated carbocycles. The molecule has 1 aromatic carbocycles. The van der Waals surface area contributed by atoms with Crippen molar-refractivity contribution in [2.75, 3.05) is 18.9 Å². The van der Waals surface area contributed by atoms with Gasteiger partial charge in [0.2, 0.25) is 5.91 Å². The van der Waals surface area contributed by atoms with E-state index in [4.69, 9.17) is 0 Å². The molecule has 0 saturated heterocycles. The maximum atomic E-state index is 11.0. The summed E-state index contributed by atoms with van der Waals surface area (Å²) in [6.45, 7) is 0.300. The van der Waals surface area contributed by atoms with Crippen LogP contribution in [0.2, 0.25) is 0 Å². The number of carbonyl (C=O) groups excluding carboxylic acids is 1. The van der Waals surface area contributed by atoms with E-state index in [1.807, 2.05) is 18.2 Å². The Bertz CT molecular complexity index is 344. The Hall–Kier alpha value is -0.300. The molecule has 2 N–H and O–H groups in total. The van der Waals surface area contributed by atoms with Crippen LogP contribution in [0.1, 0.15) is 0 Å². The van der Waals surface area contributed by atoms with E-state index in [0.29, 0.717) is 6.54 Å². The number of benzene rings is 1. The lowest BCUT2D eigenvalue weighted by Gasteiger charge is -2.06. The van der Waals surface area contributed by atoms with Crippen molar-refractivity contribution in [2.45, 2.75) is 0 Å². The highest BCUT2D eigenvalue weighted by molar-refractivity contribution is 14.1. The summed E-state index contributed by atoms with van der Waals surface area (Å²) in [6, 6.07) is 5.86. The van der Waals surface area contributed by atoms with Crippen molar-refractivity contribution in [3.8, 4) is 0 Å². The Morgan fingerprint density at radius 2 is 2.29 bits per heavy atom. The molecule has 1 rings (SSSR count). The second-order valence-corrected chi connectivity index (χ2v) is 4.67. The zero-order valence-corrected chi connectivity index (χ0v) is 11.3. The number of carbonyl (C=O) groups is 1. The van der Waals surface area contributed by atoms with Crippen molar-refractivity contribution in [3.05, 3.63) is 26.2 Å². The summed E-state index contributed by atoms with van der Waals surface area (Å²) < 4.78 is 2.17. The van der Waals surface area contributed by atoms with Crippen LogP contribution in [0.15, 0.2) is 22.7 Å². The van der Waals surface area contributed by atoms with Gasteiger partial charge in [-0.3, -0.25) is 4.79 Å². The molecule has 0 aliphatic rings. The first-order valence-corrected chi connectivity index (χ1v) is 5.90. The Morgan fingerprint density at radius 1 is 1.57 bits per heavy atom. The van der Waals surface area contributed by atoms with Gasteiger partial charge in [0, 0.05) is 20.8 Å². The van der Waals surface area contributed by atoms with Crippen LogP contribution in [-0.4, -0.2) is 19.5 Å². The molecule has 0 fully saturated rings. The number of amides is 1.